The summed E-state index contributed by atoms with van der Waals surface area (Å²) in [6.07, 6.45) is 1.91. The first-order chi connectivity index (χ1) is 6.54. The topological polar surface area (TPSA) is 23.6 Å². The molecule has 0 bridgehead atoms. The molecule has 0 saturated heterocycles. The molecule has 3 heteroatoms. The number of benzene rings is 1. The van der Waals surface area contributed by atoms with Crippen LogP contribution in [0.25, 0.3) is 0 Å². The summed E-state index contributed by atoms with van der Waals surface area (Å²) in [6, 6.07) is 5.67. The summed E-state index contributed by atoms with van der Waals surface area (Å²) < 4.78 is 0. The van der Waals surface area contributed by atoms with Crippen LogP contribution in [0.4, 0.5) is 11.4 Å². The Morgan fingerprint density at radius 1 is 0.929 bits per heavy atom. The van der Waals surface area contributed by atoms with Gasteiger partial charge in [-0.05, 0) is 18.2 Å². The highest BCUT2D eigenvalue weighted by molar-refractivity contribution is 5.80. The van der Waals surface area contributed by atoms with E-state index in [0.29, 0.717) is 5.56 Å². The molecule has 0 N–H and O–H groups in total. The smallest absolute Gasteiger partial charge is 0.233 e. The zero-order valence-corrected chi connectivity index (χ0v) is 9.03. The summed E-state index contributed by atoms with van der Waals surface area (Å²) in [6.45, 7) is 0. The van der Waals surface area contributed by atoms with Crippen molar-refractivity contribution in [1.29, 1.82) is 0 Å². The SMILES string of the molecule is CN(C)c1cc([C]=O)cc(N(C)C)c1. The molecule has 0 fully saturated rings. The molecule has 0 unspecified atom stereocenters. The van der Waals surface area contributed by atoms with E-state index in [-0.39, 0.29) is 0 Å². The van der Waals surface area contributed by atoms with Crippen LogP contribution in [0.2, 0.25) is 0 Å². The lowest BCUT2D eigenvalue weighted by Crippen LogP contribution is -2.13. The fraction of sp³-hybridized carbons (Fsp3) is 0.364. The Kier molecular flexibility index (Phi) is 3.12. The Morgan fingerprint density at radius 3 is 1.64 bits per heavy atom. The van der Waals surface area contributed by atoms with Gasteiger partial charge in [0.25, 0.3) is 0 Å². The minimum Gasteiger partial charge on any atom is -0.378 e. The lowest BCUT2D eigenvalue weighted by Gasteiger charge is -2.18. The van der Waals surface area contributed by atoms with E-state index in [1.807, 2.05) is 62.5 Å². The first-order valence-electron chi connectivity index (χ1n) is 4.42. The van der Waals surface area contributed by atoms with Crippen molar-refractivity contribution in [3.63, 3.8) is 0 Å². The van der Waals surface area contributed by atoms with Crippen LogP contribution in [0, 0.1) is 0 Å². The van der Waals surface area contributed by atoms with Gasteiger partial charge in [-0.1, -0.05) is 0 Å². The molecule has 0 aliphatic heterocycles. The van der Waals surface area contributed by atoms with Crippen molar-refractivity contribution < 1.29 is 4.79 Å². The van der Waals surface area contributed by atoms with Crippen molar-refractivity contribution in [3.8, 4) is 0 Å². The second-order valence-corrected chi connectivity index (χ2v) is 3.63. The molecular formula is C11H15N2O. The molecule has 0 heterocycles. The van der Waals surface area contributed by atoms with E-state index >= 15 is 0 Å². The fourth-order valence-electron chi connectivity index (χ4n) is 1.17. The van der Waals surface area contributed by atoms with Crippen LogP contribution in [0.3, 0.4) is 0 Å². The van der Waals surface area contributed by atoms with Crippen LogP contribution in [0.1, 0.15) is 5.56 Å². The molecule has 1 aromatic rings. The number of carbonyl (C=O) groups excluding carboxylic acids is 1. The van der Waals surface area contributed by atoms with Gasteiger partial charge in [0.05, 0.1) is 0 Å². The molecule has 0 aliphatic rings. The zero-order valence-electron chi connectivity index (χ0n) is 9.03. The van der Waals surface area contributed by atoms with E-state index in [9.17, 15) is 4.79 Å². The molecule has 0 aromatic heterocycles. The van der Waals surface area contributed by atoms with Crippen LogP contribution in [-0.4, -0.2) is 34.5 Å². The van der Waals surface area contributed by atoms with Crippen molar-refractivity contribution >= 4 is 17.7 Å². The number of nitrogens with zero attached hydrogens (tertiary/aromatic N) is 2. The Bertz CT molecular complexity index is 306. The summed E-state index contributed by atoms with van der Waals surface area (Å²) in [4.78, 5) is 14.5. The minimum atomic E-state index is 0.583. The standard InChI is InChI=1S/C11H15N2O/c1-12(2)10-5-9(8-14)6-11(7-10)13(3)4/h5-7H,1-4H3. The zero-order chi connectivity index (χ0) is 10.7. The molecular weight excluding hydrogens is 176 g/mol. The third-order valence-corrected chi connectivity index (χ3v) is 2.05. The van der Waals surface area contributed by atoms with Crippen LogP contribution >= 0.6 is 0 Å². The van der Waals surface area contributed by atoms with Gasteiger partial charge >= 0.3 is 0 Å². The largest absolute Gasteiger partial charge is 0.378 e. The third-order valence-electron chi connectivity index (χ3n) is 2.05. The van der Waals surface area contributed by atoms with Gasteiger partial charge in [-0.25, -0.2) is 0 Å². The van der Waals surface area contributed by atoms with Gasteiger partial charge in [0.15, 0.2) is 0 Å². The van der Waals surface area contributed by atoms with Crippen molar-refractivity contribution in [2.24, 2.45) is 0 Å². The van der Waals surface area contributed by atoms with E-state index in [1.54, 1.807) is 0 Å². The van der Waals surface area contributed by atoms with E-state index in [0.717, 1.165) is 11.4 Å². The maximum atomic E-state index is 10.6. The van der Waals surface area contributed by atoms with Gasteiger partial charge in [0.1, 0.15) is 0 Å². The first kappa shape index (κ1) is 10.6. The average molecular weight is 191 g/mol. The molecule has 0 aliphatic carbocycles. The normalized spacial score (nSPS) is 9.71. The highest BCUT2D eigenvalue weighted by atomic mass is 16.1. The number of hydrogen-bond acceptors (Lipinski definition) is 3. The van der Waals surface area contributed by atoms with Crippen LogP contribution in [-0.2, 0) is 4.79 Å². The third kappa shape index (κ3) is 2.25. The van der Waals surface area contributed by atoms with Gasteiger partial charge in [0, 0.05) is 45.1 Å². The second-order valence-electron chi connectivity index (χ2n) is 3.63. The van der Waals surface area contributed by atoms with E-state index in [4.69, 9.17) is 0 Å². The van der Waals surface area contributed by atoms with Crippen molar-refractivity contribution in [2.45, 2.75) is 0 Å². The van der Waals surface area contributed by atoms with Gasteiger partial charge in [-0.15, -0.1) is 0 Å². The Hall–Kier alpha value is -1.51. The Labute approximate surface area is 84.9 Å². The highest BCUT2D eigenvalue weighted by Gasteiger charge is 2.03. The monoisotopic (exact) mass is 191 g/mol. The molecule has 14 heavy (non-hydrogen) atoms. The quantitative estimate of drug-likeness (QED) is 0.719. The molecule has 0 spiro atoms. The fourth-order valence-corrected chi connectivity index (χ4v) is 1.17. The van der Waals surface area contributed by atoms with Gasteiger partial charge < -0.3 is 9.80 Å². The predicted molar refractivity (Wildman–Crippen MR) is 59.9 cm³/mol. The van der Waals surface area contributed by atoms with Crippen LogP contribution < -0.4 is 9.80 Å². The van der Waals surface area contributed by atoms with E-state index in [1.165, 1.54) is 0 Å². The lowest BCUT2D eigenvalue weighted by molar-refractivity contribution is 0.563. The van der Waals surface area contributed by atoms with Gasteiger partial charge in [0.2, 0.25) is 6.29 Å². The summed E-state index contributed by atoms with van der Waals surface area (Å²) in [5.41, 5.74) is 2.60. The van der Waals surface area contributed by atoms with Crippen molar-refractivity contribution in [1.82, 2.24) is 0 Å². The molecule has 1 aromatic carbocycles. The maximum absolute atomic E-state index is 10.6. The van der Waals surface area contributed by atoms with Crippen LogP contribution in [0.15, 0.2) is 18.2 Å². The number of anilines is 2. The molecule has 0 saturated carbocycles. The maximum Gasteiger partial charge on any atom is 0.233 e. The molecule has 0 amide bonds. The van der Waals surface area contributed by atoms with E-state index < -0.39 is 0 Å². The van der Waals surface area contributed by atoms with Crippen molar-refractivity contribution in [3.05, 3.63) is 23.8 Å². The molecule has 75 valence electrons. The molecule has 1 radical (unpaired) electrons. The Balaban J connectivity index is 3.20. The minimum absolute atomic E-state index is 0.583. The highest BCUT2D eigenvalue weighted by Crippen LogP contribution is 2.21. The van der Waals surface area contributed by atoms with Crippen molar-refractivity contribution in [2.75, 3.05) is 38.0 Å². The average Bonchev–Trinajstić information content (AvgIpc) is 2.16. The van der Waals surface area contributed by atoms with Gasteiger partial charge in [-0.3, -0.25) is 4.79 Å². The second kappa shape index (κ2) is 4.13. The van der Waals surface area contributed by atoms with E-state index in [2.05, 4.69) is 0 Å². The molecule has 0 atom stereocenters. The summed E-state index contributed by atoms with van der Waals surface area (Å²) in [5, 5.41) is 0. The lowest BCUT2D eigenvalue weighted by atomic mass is 10.1. The summed E-state index contributed by atoms with van der Waals surface area (Å²) >= 11 is 0. The predicted octanol–water partition coefficient (Wildman–Crippen LogP) is 1.28. The molecule has 3 nitrogen and oxygen atoms in total. The number of rotatable bonds is 3. The first-order valence-corrected chi connectivity index (χ1v) is 4.42. The van der Waals surface area contributed by atoms with Crippen LogP contribution in [0.5, 0.6) is 0 Å². The van der Waals surface area contributed by atoms with Gasteiger partial charge in [-0.2, -0.15) is 0 Å². The molecule has 1 rings (SSSR count). The Morgan fingerprint density at radius 2 is 1.36 bits per heavy atom. The summed E-state index contributed by atoms with van der Waals surface area (Å²) in [5.74, 6) is 0. The number of hydrogen-bond donors (Lipinski definition) is 0. The summed E-state index contributed by atoms with van der Waals surface area (Å²) in [7, 11) is 7.79.